The summed E-state index contributed by atoms with van der Waals surface area (Å²) >= 11 is 0. The summed E-state index contributed by atoms with van der Waals surface area (Å²) in [5.74, 6) is 0.716. The molecule has 0 radical (unpaired) electrons. The third kappa shape index (κ3) is 4.83. The molecular formula is C30H22O6. The number of para-hydroxylation sites is 2. The molecule has 36 heavy (non-hydrogen) atoms. The fourth-order valence-corrected chi connectivity index (χ4v) is 3.75. The van der Waals surface area contributed by atoms with Gasteiger partial charge in [-0.2, -0.15) is 0 Å². The van der Waals surface area contributed by atoms with E-state index in [1.807, 2.05) is 55.5 Å². The first-order chi connectivity index (χ1) is 17.6. The van der Waals surface area contributed by atoms with Crippen molar-refractivity contribution in [2.24, 2.45) is 0 Å². The maximum Gasteiger partial charge on any atom is 0.343 e. The van der Waals surface area contributed by atoms with Crippen LogP contribution in [0.1, 0.15) is 17.3 Å². The largest absolute Gasteiger partial charge is 0.490 e. The molecule has 4 aromatic carbocycles. The van der Waals surface area contributed by atoms with Crippen molar-refractivity contribution in [1.82, 2.24) is 0 Å². The Bertz CT molecular complexity index is 1570. The van der Waals surface area contributed by atoms with E-state index in [4.69, 9.17) is 18.6 Å². The highest BCUT2D eigenvalue weighted by Crippen LogP contribution is 2.31. The number of esters is 1. The van der Waals surface area contributed by atoms with Gasteiger partial charge in [-0.05, 0) is 54.4 Å². The number of ether oxygens (including phenoxy) is 3. The average Bonchev–Trinajstić information content (AvgIpc) is 2.92. The van der Waals surface area contributed by atoms with Crippen molar-refractivity contribution in [3.8, 4) is 34.1 Å². The number of carbonyl (C=O) groups excluding carboxylic acids is 1. The number of benzene rings is 4. The summed E-state index contributed by atoms with van der Waals surface area (Å²) in [5, 5.41) is 0.299. The first-order valence-electron chi connectivity index (χ1n) is 11.5. The molecule has 0 spiro atoms. The molecule has 5 aromatic rings. The summed E-state index contributed by atoms with van der Waals surface area (Å²) in [6, 6.07) is 28.7. The first kappa shape index (κ1) is 22.9. The number of fused-ring (bicyclic) bond motifs is 1. The summed E-state index contributed by atoms with van der Waals surface area (Å²) in [6.45, 7) is 2.33. The van der Waals surface area contributed by atoms with Crippen molar-refractivity contribution < 1.29 is 23.4 Å². The molecule has 5 rings (SSSR count). The second-order valence-electron chi connectivity index (χ2n) is 7.90. The first-order valence-corrected chi connectivity index (χ1v) is 11.5. The molecule has 0 atom stereocenters. The Labute approximate surface area is 207 Å². The van der Waals surface area contributed by atoms with Crippen LogP contribution in [0.3, 0.4) is 0 Å². The molecule has 0 aliphatic heterocycles. The predicted octanol–water partition coefficient (Wildman–Crippen LogP) is 6.87. The third-order valence-corrected chi connectivity index (χ3v) is 5.52. The van der Waals surface area contributed by atoms with Gasteiger partial charge in [0.15, 0.2) is 11.5 Å². The van der Waals surface area contributed by atoms with Crippen molar-refractivity contribution in [2.45, 2.75) is 6.92 Å². The van der Waals surface area contributed by atoms with Gasteiger partial charge in [-0.1, -0.05) is 54.6 Å². The summed E-state index contributed by atoms with van der Waals surface area (Å²) in [7, 11) is 0. The molecule has 6 nitrogen and oxygen atoms in total. The zero-order valence-electron chi connectivity index (χ0n) is 19.5. The Balaban J connectivity index is 1.34. The van der Waals surface area contributed by atoms with E-state index < -0.39 is 5.97 Å². The smallest absolute Gasteiger partial charge is 0.343 e. The van der Waals surface area contributed by atoms with Gasteiger partial charge in [-0.25, -0.2) is 4.79 Å². The second kappa shape index (κ2) is 10.2. The topological polar surface area (TPSA) is 75.0 Å². The Kier molecular flexibility index (Phi) is 6.49. The van der Waals surface area contributed by atoms with Crippen LogP contribution < -0.4 is 19.6 Å². The van der Waals surface area contributed by atoms with Crippen LogP contribution in [-0.2, 0) is 0 Å². The zero-order chi connectivity index (χ0) is 24.9. The molecule has 0 aliphatic rings. The van der Waals surface area contributed by atoms with Crippen molar-refractivity contribution in [1.29, 1.82) is 0 Å². The fraction of sp³-hybridized carbons (Fsp3) is 0.0667. The third-order valence-electron chi connectivity index (χ3n) is 5.52. The fourth-order valence-electron chi connectivity index (χ4n) is 3.75. The zero-order valence-corrected chi connectivity index (χ0v) is 19.5. The van der Waals surface area contributed by atoms with Crippen LogP contribution in [0.25, 0.3) is 22.1 Å². The van der Waals surface area contributed by atoms with Crippen LogP contribution >= 0.6 is 0 Å². The molecule has 0 unspecified atom stereocenters. The number of rotatable bonds is 7. The van der Waals surface area contributed by atoms with Crippen LogP contribution in [0.15, 0.2) is 113 Å². The molecule has 178 valence electrons. The minimum Gasteiger partial charge on any atom is -0.490 e. The lowest BCUT2D eigenvalue weighted by atomic mass is 10.0. The van der Waals surface area contributed by atoms with Gasteiger partial charge in [0, 0.05) is 6.07 Å². The van der Waals surface area contributed by atoms with Gasteiger partial charge in [-0.15, -0.1) is 0 Å². The highest BCUT2D eigenvalue weighted by Gasteiger charge is 2.14. The van der Waals surface area contributed by atoms with Gasteiger partial charge < -0.3 is 18.6 Å². The monoisotopic (exact) mass is 478 g/mol. The van der Waals surface area contributed by atoms with Crippen molar-refractivity contribution >= 4 is 16.9 Å². The number of hydrogen-bond acceptors (Lipinski definition) is 6. The normalized spacial score (nSPS) is 10.7. The van der Waals surface area contributed by atoms with Gasteiger partial charge in [-0.3, -0.25) is 4.79 Å². The van der Waals surface area contributed by atoms with Gasteiger partial charge in [0.1, 0.15) is 17.6 Å². The Hall–Kier alpha value is -4.84. The Morgan fingerprint density at radius 2 is 1.47 bits per heavy atom. The van der Waals surface area contributed by atoms with E-state index in [0.717, 1.165) is 11.1 Å². The minimum absolute atomic E-state index is 0.0258. The van der Waals surface area contributed by atoms with Crippen LogP contribution in [0.2, 0.25) is 0 Å². The van der Waals surface area contributed by atoms with Crippen LogP contribution in [0, 0.1) is 0 Å². The van der Waals surface area contributed by atoms with Gasteiger partial charge in [0.05, 0.1) is 17.6 Å². The van der Waals surface area contributed by atoms with Crippen LogP contribution in [-0.4, -0.2) is 12.6 Å². The maximum absolute atomic E-state index is 13.0. The van der Waals surface area contributed by atoms with Gasteiger partial charge in [0.25, 0.3) is 0 Å². The lowest BCUT2D eigenvalue weighted by molar-refractivity contribution is 0.0735. The standard InChI is InChI=1S/C30H22O6/c1-2-33-25-10-6-7-11-26(25)36-28-19-34-27-18-23(16-17-24(27)29(28)31)35-30(32)22-14-12-21(13-15-22)20-8-4-3-5-9-20/h3-19H,2H2,1H3. The van der Waals surface area contributed by atoms with Crippen molar-refractivity contribution in [2.75, 3.05) is 6.61 Å². The summed E-state index contributed by atoms with van der Waals surface area (Å²) in [4.78, 5) is 25.6. The van der Waals surface area contributed by atoms with E-state index in [-0.39, 0.29) is 22.5 Å². The highest BCUT2D eigenvalue weighted by atomic mass is 16.5. The van der Waals surface area contributed by atoms with Crippen LogP contribution in [0.5, 0.6) is 23.0 Å². The highest BCUT2D eigenvalue weighted by molar-refractivity contribution is 5.92. The molecule has 0 saturated carbocycles. The maximum atomic E-state index is 13.0. The second-order valence-corrected chi connectivity index (χ2v) is 7.90. The van der Waals surface area contributed by atoms with E-state index in [1.54, 1.807) is 42.5 Å². The van der Waals surface area contributed by atoms with Gasteiger partial charge >= 0.3 is 5.97 Å². The quantitative estimate of drug-likeness (QED) is 0.188. The number of carbonyl (C=O) groups is 1. The van der Waals surface area contributed by atoms with Crippen LogP contribution in [0.4, 0.5) is 0 Å². The molecule has 0 N–H and O–H groups in total. The molecule has 0 saturated heterocycles. The van der Waals surface area contributed by atoms with Gasteiger partial charge in [0.2, 0.25) is 11.2 Å². The Morgan fingerprint density at radius 3 is 2.22 bits per heavy atom. The average molecular weight is 479 g/mol. The molecule has 0 amide bonds. The molecular weight excluding hydrogens is 456 g/mol. The summed E-state index contributed by atoms with van der Waals surface area (Å²) in [6.07, 6.45) is 1.24. The van der Waals surface area contributed by atoms with Crippen molar-refractivity contribution in [3.05, 3.63) is 119 Å². The number of hydrogen-bond donors (Lipinski definition) is 0. The van der Waals surface area contributed by atoms with E-state index >= 15 is 0 Å². The van der Waals surface area contributed by atoms with E-state index in [2.05, 4.69) is 0 Å². The predicted molar refractivity (Wildman–Crippen MR) is 137 cm³/mol. The molecule has 1 heterocycles. The molecule has 0 bridgehead atoms. The summed E-state index contributed by atoms with van der Waals surface area (Å²) < 4.78 is 22.5. The Morgan fingerprint density at radius 1 is 0.778 bits per heavy atom. The SMILES string of the molecule is CCOc1ccccc1Oc1coc2cc(OC(=O)c3ccc(-c4ccccc4)cc3)ccc2c1=O. The lowest BCUT2D eigenvalue weighted by Gasteiger charge is -2.11. The van der Waals surface area contributed by atoms with E-state index in [1.165, 1.54) is 12.3 Å². The molecule has 6 heteroatoms. The lowest BCUT2D eigenvalue weighted by Crippen LogP contribution is -2.09. The van der Waals surface area contributed by atoms with Crippen molar-refractivity contribution in [3.63, 3.8) is 0 Å². The molecule has 1 aromatic heterocycles. The van der Waals surface area contributed by atoms with E-state index in [9.17, 15) is 9.59 Å². The summed E-state index contributed by atoms with van der Waals surface area (Å²) in [5.41, 5.74) is 2.40. The minimum atomic E-state index is -0.510. The molecule has 0 aliphatic carbocycles. The molecule has 0 fully saturated rings. The van der Waals surface area contributed by atoms with E-state index in [0.29, 0.717) is 29.1 Å².